The van der Waals surface area contributed by atoms with Gasteiger partial charge in [-0.1, -0.05) is 11.6 Å². The Balaban J connectivity index is 2.41. The molecule has 0 saturated heterocycles. The van der Waals surface area contributed by atoms with Crippen molar-refractivity contribution >= 4 is 17.3 Å². The lowest BCUT2D eigenvalue weighted by molar-refractivity contribution is 0.196. The molecule has 1 aromatic carbocycles. The molecule has 72 valence electrons. The molecule has 13 heavy (non-hydrogen) atoms. The molecule has 1 unspecified atom stereocenters. The molecule has 0 aliphatic carbocycles. The predicted octanol–water partition coefficient (Wildman–Crippen LogP) is 1.07. The van der Waals surface area contributed by atoms with Crippen LogP contribution < -0.4 is 11.1 Å². The maximum Gasteiger partial charge on any atom is 0.0834 e. The summed E-state index contributed by atoms with van der Waals surface area (Å²) in [4.78, 5) is 0. The first kappa shape index (κ1) is 10.3. The van der Waals surface area contributed by atoms with E-state index in [1.807, 2.05) is 12.1 Å². The fraction of sp³-hybridized carbons (Fsp3) is 0.333. The third-order valence-electron chi connectivity index (χ3n) is 1.66. The largest absolute Gasteiger partial charge is 0.390 e. The third kappa shape index (κ3) is 3.63. The molecule has 0 radical (unpaired) electrons. The predicted molar refractivity (Wildman–Crippen MR) is 55.0 cm³/mol. The number of hydrogen-bond acceptors (Lipinski definition) is 3. The number of halogens is 1. The second-order valence-corrected chi connectivity index (χ2v) is 3.21. The zero-order valence-corrected chi connectivity index (χ0v) is 7.96. The van der Waals surface area contributed by atoms with Gasteiger partial charge in [0.2, 0.25) is 0 Å². The van der Waals surface area contributed by atoms with Crippen LogP contribution in [0, 0.1) is 0 Å². The van der Waals surface area contributed by atoms with Crippen molar-refractivity contribution in [3.05, 3.63) is 29.3 Å². The standard InChI is InChI=1S/C9H13ClN2O/c10-7-1-3-8(4-2-7)12-6-9(13)5-11/h1-4,9,12-13H,5-6,11H2. The summed E-state index contributed by atoms with van der Waals surface area (Å²) in [5.41, 5.74) is 6.18. The van der Waals surface area contributed by atoms with Crippen molar-refractivity contribution < 1.29 is 5.11 Å². The number of nitrogens with one attached hydrogen (secondary N) is 1. The summed E-state index contributed by atoms with van der Waals surface area (Å²) >= 11 is 5.70. The molecule has 3 nitrogen and oxygen atoms in total. The monoisotopic (exact) mass is 200 g/mol. The first-order valence-corrected chi connectivity index (χ1v) is 4.47. The minimum Gasteiger partial charge on any atom is -0.390 e. The van der Waals surface area contributed by atoms with Crippen LogP contribution in [0.4, 0.5) is 5.69 Å². The molecule has 0 fully saturated rings. The van der Waals surface area contributed by atoms with E-state index in [9.17, 15) is 0 Å². The van der Waals surface area contributed by atoms with Crippen molar-refractivity contribution in [3.63, 3.8) is 0 Å². The molecule has 0 spiro atoms. The Bertz CT molecular complexity index is 250. The molecular weight excluding hydrogens is 188 g/mol. The third-order valence-corrected chi connectivity index (χ3v) is 1.91. The summed E-state index contributed by atoms with van der Waals surface area (Å²) in [5, 5.41) is 12.9. The van der Waals surface area contributed by atoms with E-state index in [0.717, 1.165) is 5.69 Å². The highest BCUT2D eigenvalue weighted by Crippen LogP contribution is 2.12. The van der Waals surface area contributed by atoms with Crippen LogP contribution in [-0.4, -0.2) is 24.3 Å². The van der Waals surface area contributed by atoms with Crippen molar-refractivity contribution in [2.45, 2.75) is 6.10 Å². The molecule has 4 heteroatoms. The Morgan fingerprint density at radius 3 is 2.54 bits per heavy atom. The van der Waals surface area contributed by atoms with E-state index in [1.54, 1.807) is 12.1 Å². The lowest BCUT2D eigenvalue weighted by atomic mass is 10.3. The van der Waals surface area contributed by atoms with Crippen LogP contribution in [0.15, 0.2) is 24.3 Å². The SMILES string of the molecule is NCC(O)CNc1ccc(Cl)cc1. The number of aliphatic hydroxyl groups excluding tert-OH is 1. The molecule has 0 amide bonds. The van der Waals surface area contributed by atoms with Gasteiger partial charge in [0.05, 0.1) is 6.10 Å². The summed E-state index contributed by atoms with van der Waals surface area (Å²) in [7, 11) is 0. The summed E-state index contributed by atoms with van der Waals surface area (Å²) in [6.45, 7) is 0.721. The van der Waals surface area contributed by atoms with E-state index in [1.165, 1.54) is 0 Å². The number of nitrogens with two attached hydrogens (primary N) is 1. The van der Waals surface area contributed by atoms with Gasteiger partial charge >= 0.3 is 0 Å². The van der Waals surface area contributed by atoms with Crippen LogP contribution in [0.2, 0.25) is 5.02 Å². The van der Waals surface area contributed by atoms with Gasteiger partial charge in [-0.2, -0.15) is 0 Å². The maximum absolute atomic E-state index is 9.16. The molecule has 4 N–H and O–H groups in total. The van der Waals surface area contributed by atoms with E-state index < -0.39 is 6.10 Å². The Morgan fingerprint density at radius 1 is 1.38 bits per heavy atom. The summed E-state index contributed by atoms with van der Waals surface area (Å²) in [6, 6.07) is 7.29. The Kier molecular flexibility index (Phi) is 4.02. The molecule has 0 aliphatic heterocycles. The zero-order valence-electron chi connectivity index (χ0n) is 7.20. The molecule has 0 saturated carbocycles. The van der Waals surface area contributed by atoms with Crippen LogP contribution >= 0.6 is 11.6 Å². The highest BCUT2D eigenvalue weighted by atomic mass is 35.5. The molecule has 0 aromatic heterocycles. The van der Waals surface area contributed by atoms with Crippen molar-refractivity contribution in [2.75, 3.05) is 18.4 Å². The highest BCUT2D eigenvalue weighted by Gasteiger charge is 1.99. The van der Waals surface area contributed by atoms with Gasteiger partial charge in [0.15, 0.2) is 0 Å². The number of anilines is 1. The van der Waals surface area contributed by atoms with E-state index in [-0.39, 0.29) is 6.54 Å². The van der Waals surface area contributed by atoms with Gasteiger partial charge in [-0.3, -0.25) is 0 Å². The summed E-state index contributed by atoms with van der Waals surface area (Å²) in [6.07, 6.45) is -0.504. The van der Waals surface area contributed by atoms with E-state index in [4.69, 9.17) is 22.4 Å². The highest BCUT2D eigenvalue weighted by molar-refractivity contribution is 6.30. The first-order chi connectivity index (χ1) is 6.22. The minimum absolute atomic E-state index is 0.264. The average molecular weight is 201 g/mol. The molecule has 0 bridgehead atoms. The average Bonchev–Trinajstić information content (AvgIpc) is 2.16. The van der Waals surface area contributed by atoms with Crippen LogP contribution in [0.25, 0.3) is 0 Å². The van der Waals surface area contributed by atoms with Crippen LogP contribution in [0.3, 0.4) is 0 Å². The normalized spacial score (nSPS) is 12.5. The molecule has 0 heterocycles. The van der Waals surface area contributed by atoms with Crippen LogP contribution in [0.1, 0.15) is 0 Å². The summed E-state index contributed by atoms with van der Waals surface area (Å²) < 4.78 is 0. The van der Waals surface area contributed by atoms with Gasteiger partial charge in [0, 0.05) is 23.8 Å². The number of benzene rings is 1. The van der Waals surface area contributed by atoms with Crippen molar-refractivity contribution in [1.29, 1.82) is 0 Å². The van der Waals surface area contributed by atoms with Gasteiger partial charge in [0.1, 0.15) is 0 Å². The van der Waals surface area contributed by atoms with Crippen molar-refractivity contribution in [2.24, 2.45) is 5.73 Å². The van der Waals surface area contributed by atoms with Crippen molar-refractivity contribution in [1.82, 2.24) is 0 Å². The van der Waals surface area contributed by atoms with Gasteiger partial charge in [-0.05, 0) is 24.3 Å². The van der Waals surface area contributed by atoms with Gasteiger partial charge in [-0.25, -0.2) is 0 Å². The second-order valence-electron chi connectivity index (χ2n) is 2.78. The lowest BCUT2D eigenvalue weighted by Crippen LogP contribution is -2.27. The zero-order chi connectivity index (χ0) is 9.68. The minimum atomic E-state index is -0.504. The summed E-state index contributed by atoms with van der Waals surface area (Å²) in [5.74, 6) is 0. The quantitative estimate of drug-likeness (QED) is 0.682. The Hall–Kier alpha value is -0.770. The first-order valence-electron chi connectivity index (χ1n) is 4.10. The smallest absolute Gasteiger partial charge is 0.0834 e. The van der Waals surface area contributed by atoms with E-state index in [0.29, 0.717) is 11.6 Å². The number of rotatable bonds is 4. The van der Waals surface area contributed by atoms with Gasteiger partial charge in [0.25, 0.3) is 0 Å². The van der Waals surface area contributed by atoms with Crippen molar-refractivity contribution in [3.8, 4) is 0 Å². The number of aliphatic hydroxyl groups is 1. The van der Waals surface area contributed by atoms with E-state index >= 15 is 0 Å². The Labute approximate surface area is 82.5 Å². The second kappa shape index (κ2) is 5.07. The molecule has 1 aromatic rings. The fourth-order valence-corrected chi connectivity index (χ4v) is 1.01. The van der Waals surface area contributed by atoms with Crippen LogP contribution in [-0.2, 0) is 0 Å². The topological polar surface area (TPSA) is 58.3 Å². The Morgan fingerprint density at radius 2 is 2.00 bits per heavy atom. The van der Waals surface area contributed by atoms with Gasteiger partial charge < -0.3 is 16.2 Å². The molecule has 1 rings (SSSR count). The maximum atomic E-state index is 9.16. The number of hydrogen-bond donors (Lipinski definition) is 3. The fourth-order valence-electron chi connectivity index (χ4n) is 0.887. The van der Waals surface area contributed by atoms with Gasteiger partial charge in [-0.15, -0.1) is 0 Å². The van der Waals surface area contributed by atoms with Crippen LogP contribution in [0.5, 0.6) is 0 Å². The lowest BCUT2D eigenvalue weighted by Gasteiger charge is -2.10. The van der Waals surface area contributed by atoms with E-state index in [2.05, 4.69) is 5.32 Å². The molecule has 0 aliphatic rings. The molecular formula is C9H13ClN2O. The molecule has 1 atom stereocenters.